The second-order valence-electron chi connectivity index (χ2n) is 5.51. The number of likely N-dealkylation sites (tertiary alicyclic amines) is 1. The lowest BCUT2D eigenvalue weighted by Crippen LogP contribution is -2.22. The maximum atomic E-state index is 9.74. The predicted molar refractivity (Wildman–Crippen MR) is 66.2 cm³/mol. The predicted octanol–water partition coefficient (Wildman–Crippen LogP) is 2.21. The molecule has 1 aliphatic heterocycles. The fourth-order valence-electron chi connectivity index (χ4n) is 2.33. The van der Waals surface area contributed by atoms with Gasteiger partial charge in [0.05, 0.1) is 0 Å². The number of hydrogen-bond acceptors (Lipinski definition) is 3. The molecule has 1 aromatic rings. The highest BCUT2D eigenvalue weighted by molar-refractivity contribution is 5.47. The van der Waals surface area contributed by atoms with Gasteiger partial charge in [-0.1, -0.05) is 13.8 Å². The van der Waals surface area contributed by atoms with E-state index in [0.29, 0.717) is 16.9 Å². The average molecular weight is 220 g/mol. The Kier molecular flexibility index (Phi) is 2.80. The Morgan fingerprint density at radius 1 is 1.44 bits per heavy atom. The summed E-state index contributed by atoms with van der Waals surface area (Å²) in [6, 6.07) is 5.26. The maximum absolute atomic E-state index is 9.74. The van der Waals surface area contributed by atoms with Crippen LogP contribution in [0.1, 0.15) is 25.8 Å². The van der Waals surface area contributed by atoms with E-state index in [0.717, 1.165) is 25.2 Å². The summed E-state index contributed by atoms with van der Waals surface area (Å²) in [5.41, 5.74) is 7.77. The van der Waals surface area contributed by atoms with Crippen molar-refractivity contribution in [3.8, 4) is 5.75 Å². The van der Waals surface area contributed by atoms with E-state index in [1.807, 2.05) is 6.07 Å². The minimum Gasteiger partial charge on any atom is -0.508 e. The van der Waals surface area contributed by atoms with Crippen molar-refractivity contribution in [2.24, 2.45) is 5.41 Å². The fourth-order valence-corrected chi connectivity index (χ4v) is 2.33. The first kappa shape index (κ1) is 11.3. The zero-order valence-corrected chi connectivity index (χ0v) is 10.0. The number of nitrogens with zero attached hydrogens (tertiary/aromatic N) is 1. The Morgan fingerprint density at radius 2 is 2.19 bits per heavy atom. The molecule has 3 N–H and O–H groups in total. The minimum atomic E-state index is 0.346. The Morgan fingerprint density at radius 3 is 2.81 bits per heavy atom. The Balaban J connectivity index is 2.07. The average Bonchev–Trinajstić information content (AvgIpc) is 2.52. The second-order valence-corrected chi connectivity index (χ2v) is 5.51. The van der Waals surface area contributed by atoms with Crippen LogP contribution < -0.4 is 5.73 Å². The first-order valence-corrected chi connectivity index (χ1v) is 5.76. The number of phenolic OH excluding ortho intramolecular Hbond substituents is 1. The van der Waals surface area contributed by atoms with Crippen molar-refractivity contribution >= 4 is 5.69 Å². The molecule has 88 valence electrons. The van der Waals surface area contributed by atoms with E-state index >= 15 is 0 Å². The smallest absolute Gasteiger partial charge is 0.120 e. The van der Waals surface area contributed by atoms with Crippen LogP contribution in [-0.4, -0.2) is 23.1 Å². The number of anilines is 1. The van der Waals surface area contributed by atoms with Crippen LogP contribution in [0.15, 0.2) is 18.2 Å². The lowest BCUT2D eigenvalue weighted by Gasteiger charge is -2.20. The molecule has 0 aromatic heterocycles. The normalized spacial score (nSPS) is 20.1. The summed E-state index contributed by atoms with van der Waals surface area (Å²) >= 11 is 0. The zero-order chi connectivity index (χ0) is 11.8. The van der Waals surface area contributed by atoms with Crippen molar-refractivity contribution < 1.29 is 5.11 Å². The molecule has 16 heavy (non-hydrogen) atoms. The largest absolute Gasteiger partial charge is 0.508 e. The Bertz CT molecular complexity index is 388. The van der Waals surface area contributed by atoms with Crippen molar-refractivity contribution in [3.05, 3.63) is 23.8 Å². The van der Waals surface area contributed by atoms with Gasteiger partial charge in [0.1, 0.15) is 5.75 Å². The van der Waals surface area contributed by atoms with Crippen molar-refractivity contribution in [2.75, 3.05) is 18.8 Å². The number of benzene rings is 1. The van der Waals surface area contributed by atoms with Gasteiger partial charge in [-0.15, -0.1) is 0 Å². The van der Waals surface area contributed by atoms with Crippen LogP contribution in [0, 0.1) is 5.41 Å². The molecule has 1 saturated heterocycles. The SMILES string of the molecule is CC1(C)CCN(Cc2cc(N)ccc2O)C1. The Labute approximate surface area is 96.9 Å². The molecule has 0 bridgehead atoms. The van der Waals surface area contributed by atoms with Gasteiger partial charge in [-0.05, 0) is 36.6 Å². The van der Waals surface area contributed by atoms with Crippen molar-refractivity contribution in [2.45, 2.75) is 26.8 Å². The summed E-state index contributed by atoms with van der Waals surface area (Å²) in [6.07, 6.45) is 1.22. The molecular weight excluding hydrogens is 200 g/mol. The molecule has 0 amide bonds. The maximum Gasteiger partial charge on any atom is 0.120 e. The highest BCUT2D eigenvalue weighted by atomic mass is 16.3. The lowest BCUT2D eigenvalue weighted by molar-refractivity contribution is 0.281. The third-order valence-electron chi connectivity index (χ3n) is 3.25. The highest BCUT2D eigenvalue weighted by Gasteiger charge is 2.29. The highest BCUT2D eigenvalue weighted by Crippen LogP contribution is 2.31. The molecular formula is C13H20N2O. The number of aromatic hydroxyl groups is 1. The first-order chi connectivity index (χ1) is 7.46. The van der Waals surface area contributed by atoms with Gasteiger partial charge in [0.25, 0.3) is 0 Å². The number of nitrogen functional groups attached to an aromatic ring is 1. The van der Waals surface area contributed by atoms with E-state index in [2.05, 4.69) is 18.7 Å². The van der Waals surface area contributed by atoms with Gasteiger partial charge in [0.2, 0.25) is 0 Å². The second kappa shape index (κ2) is 3.98. The van der Waals surface area contributed by atoms with Gasteiger partial charge in [-0.2, -0.15) is 0 Å². The summed E-state index contributed by atoms with van der Waals surface area (Å²) in [7, 11) is 0. The standard InChI is InChI=1S/C13H20N2O/c1-13(2)5-6-15(9-13)8-10-7-11(14)3-4-12(10)16/h3-4,7,16H,5-6,8-9,14H2,1-2H3. The number of nitrogens with two attached hydrogens (primary N) is 1. The van der Waals surface area contributed by atoms with E-state index in [-0.39, 0.29) is 0 Å². The van der Waals surface area contributed by atoms with E-state index in [4.69, 9.17) is 5.73 Å². The zero-order valence-electron chi connectivity index (χ0n) is 10.0. The monoisotopic (exact) mass is 220 g/mol. The van der Waals surface area contributed by atoms with E-state index in [1.54, 1.807) is 12.1 Å². The molecule has 1 heterocycles. The van der Waals surface area contributed by atoms with Gasteiger partial charge in [0.15, 0.2) is 0 Å². The van der Waals surface area contributed by atoms with Gasteiger partial charge in [-0.3, -0.25) is 4.90 Å². The number of hydrogen-bond donors (Lipinski definition) is 2. The summed E-state index contributed by atoms with van der Waals surface area (Å²) in [5.74, 6) is 0.346. The quantitative estimate of drug-likeness (QED) is 0.593. The summed E-state index contributed by atoms with van der Waals surface area (Å²) < 4.78 is 0. The first-order valence-electron chi connectivity index (χ1n) is 5.76. The molecule has 2 rings (SSSR count). The van der Waals surface area contributed by atoms with Crippen molar-refractivity contribution in [1.29, 1.82) is 0 Å². The fraction of sp³-hybridized carbons (Fsp3) is 0.538. The van der Waals surface area contributed by atoms with Crippen LogP contribution in [0.3, 0.4) is 0 Å². The number of rotatable bonds is 2. The van der Waals surface area contributed by atoms with Crippen LogP contribution in [0.4, 0.5) is 5.69 Å². The van der Waals surface area contributed by atoms with Crippen LogP contribution in [-0.2, 0) is 6.54 Å². The Hall–Kier alpha value is -1.22. The van der Waals surface area contributed by atoms with E-state index in [1.165, 1.54) is 6.42 Å². The van der Waals surface area contributed by atoms with Gasteiger partial charge in [-0.25, -0.2) is 0 Å². The molecule has 3 nitrogen and oxygen atoms in total. The molecule has 0 atom stereocenters. The lowest BCUT2D eigenvalue weighted by atomic mass is 9.93. The minimum absolute atomic E-state index is 0.346. The van der Waals surface area contributed by atoms with Crippen molar-refractivity contribution in [1.82, 2.24) is 4.90 Å². The van der Waals surface area contributed by atoms with E-state index < -0.39 is 0 Å². The number of phenols is 1. The summed E-state index contributed by atoms with van der Waals surface area (Å²) in [6.45, 7) is 7.54. The van der Waals surface area contributed by atoms with Gasteiger partial charge >= 0.3 is 0 Å². The molecule has 0 spiro atoms. The summed E-state index contributed by atoms with van der Waals surface area (Å²) in [4.78, 5) is 2.37. The molecule has 3 heteroatoms. The van der Waals surface area contributed by atoms with Crippen LogP contribution in [0.2, 0.25) is 0 Å². The van der Waals surface area contributed by atoms with Gasteiger partial charge < -0.3 is 10.8 Å². The third-order valence-corrected chi connectivity index (χ3v) is 3.25. The third kappa shape index (κ3) is 2.47. The molecule has 0 radical (unpaired) electrons. The molecule has 1 fully saturated rings. The summed E-state index contributed by atoms with van der Waals surface area (Å²) in [5, 5.41) is 9.74. The molecule has 0 aliphatic carbocycles. The molecule has 0 unspecified atom stereocenters. The van der Waals surface area contributed by atoms with Crippen molar-refractivity contribution in [3.63, 3.8) is 0 Å². The van der Waals surface area contributed by atoms with Gasteiger partial charge in [0, 0.05) is 24.3 Å². The van der Waals surface area contributed by atoms with E-state index in [9.17, 15) is 5.11 Å². The van der Waals surface area contributed by atoms with Crippen LogP contribution in [0.5, 0.6) is 5.75 Å². The van der Waals surface area contributed by atoms with Crippen LogP contribution in [0.25, 0.3) is 0 Å². The van der Waals surface area contributed by atoms with Crippen LogP contribution >= 0.6 is 0 Å². The molecule has 1 aliphatic rings. The molecule has 1 aromatic carbocycles. The molecule has 0 saturated carbocycles. The topological polar surface area (TPSA) is 49.5 Å².